The number of nitrogens with one attached hydrogen (secondary N) is 1. The molecular formula is C22H25NO6. The maximum atomic E-state index is 12.2. The molecule has 154 valence electrons. The van der Waals surface area contributed by atoms with Crippen molar-refractivity contribution in [1.82, 2.24) is 5.32 Å². The Bertz CT molecular complexity index is 894. The van der Waals surface area contributed by atoms with Crippen molar-refractivity contribution in [2.45, 2.75) is 38.3 Å². The van der Waals surface area contributed by atoms with Crippen LogP contribution < -0.4 is 14.8 Å². The van der Waals surface area contributed by atoms with E-state index in [0.29, 0.717) is 6.42 Å². The Labute approximate surface area is 169 Å². The predicted molar refractivity (Wildman–Crippen MR) is 106 cm³/mol. The van der Waals surface area contributed by atoms with Gasteiger partial charge in [0.1, 0.15) is 28.4 Å². The molecule has 29 heavy (non-hydrogen) atoms. The van der Waals surface area contributed by atoms with Gasteiger partial charge >= 0.3 is 0 Å². The highest BCUT2D eigenvalue weighted by Gasteiger charge is 2.35. The molecule has 0 aromatic heterocycles. The van der Waals surface area contributed by atoms with Gasteiger partial charge in [-0.1, -0.05) is 30.3 Å². The third kappa shape index (κ3) is 5.26. The van der Waals surface area contributed by atoms with Crippen molar-refractivity contribution in [3.05, 3.63) is 53.6 Å². The van der Waals surface area contributed by atoms with E-state index in [1.165, 1.54) is 12.1 Å². The minimum atomic E-state index is -0.682. The highest BCUT2D eigenvalue weighted by molar-refractivity contribution is 6.03. The number of benzene rings is 2. The molecular weight excluding hydrogens is 374 g/mol. The first-order chi connectivity index (χ1) is 13.8. The third-order valence-corrected chi connectivity index (χ3v) is 4.59. The fourth-order valence-corrected chi connectivity index (χ4v) is 3.31. The summed E-state index contributed by atoms with van der Waals surface area (Å²) in [5.41, 5.74) is 0.444. The lowest BCUT2D eigenvalue weighted by atomic mass is 9.92. The van der Waals surface area contributed by atoms with Crippen LogP contribution in [0.25, 0.3) is 0 Å². The maximum absolute atomic E-state index is 12.2. The summed E-state index contributed by atoms with van der Waals surface area (Å²) in [6.07, 6.45) is 0.661. The summed E-state index contributed by atoms with van der Waals surface area (Å²) >= 11 is 0. The van der Waals surface area contributed by atoms with Gasteiger partial charge in [0.05, 0.1) is 19.1 Å². The number of amides is 1. The zero-order valence-electron chi connectivity index (χ0n) is 16.5. The maximum Gasteiger partial charge on any atom is 0.258 e. The normalized spacial score (nSPS) is 15.8. The molecule has 0 spiro atoms. The molecule has 2 aromatic rings. The summed E-state index contributed by atoms with van der Waals surface area (Å²) in [6, 6.07) is 11.9. The Balaban J connectivity index is 1.61. The van der Waals surface area contributed by atoms with Crippen molar-refractivity contribution in [2.75, 3.05) is 13.2 Å². The molecule has 1 aliphatic rings. The molecule has 1 atom stereocenters. The molecule has 0 saturated carbocycles. The summed E-state index contributed by atoms with van der Waals surface area (Å²) in [7, 11) is 0. The van der Waals surface area contributed by atoms with E-state index in [9.17, 15) is 19.8 Å². The molecule has 1 amide bonds. The average Bonchev–Trinajstić information content (AvgIpc) is 2.65. The van der Waals surface area contributed by atoms with Gasteiger partial charge < -0.3 is 25.0 Å². The van der Waals surface area contributed by atoms with Gasteiger partial charge in [0.15, 0.2) is 12.4 Å². The topological polar surface area (TPSA) is 105 Å². The average molecular weight is 399 g/mol. The monoisotopic (exact) mass is 399 g/mol. The number of phenols is 1. The molecule has 0 bridgehead atoms. The Morgan fingerprint density at radius 3 is 2.69 bits per heavy atom. The molecule has 0 unspecified atom stereocenters. The predicted octanol–water partition coefficient (Wildman–Crippen LogP) is 2.23. The molecule has 3 rings (SSSR count). The van der Waals surface area contributed by atoms with E-state index in [4.69, 9.17) is 9.47 Å². The van der Waals surface area contributed by atoms with E-state index in [-0.39, 0.29) is 48.2 Å². The van der Waals surface area contributed by atoms with Gasteiger partial charge in [-0.05, 0) is 25.8 Å². The summed E-state index contributed by atoms with van der Waals surface area (Å²) in [4.78, 5) is 24.4. The van der Waals surface area contributed by atoms with Gasteiger partial charge in [0.2, 0.25) is 0 Å². The standard InChI is InChI=1S/C22H25NO6/c1-22(2)11-18(26)21-17(25)9-16(10-19(21)29-22)28-13-20(27)23-15(12-24)8-14-6-4-3-5-7-14/h3-7,9-10,15,24-25H,8,11-13H2,1-2H3,(H,23,27)/t15-/m0/s1. The molecule has 0 fully saturated rings. The third-order valence-electron chi connectivity index (χ3n) is 4.59. The number of hydrogen-bond acceptors (Lipinski definition) is 6. The van der Waals surface area contributed by atoms with Crippen molar-refractivity contribution < 1.29 is 29.3 Å². The highest BCUT2D eigenvalue weighted by Crippen LogP contribution is 2.40. The van der Waals surface area contributed by atoms with Crippen molar-refractivity contribution in [3.63, 3.8) is 0 Å². The fraction of sp³-hybridized carbons (Fsp3) is 0.364. The number of aromatic hydroxyl groups is 1. The van der Waals surface area contributed by atoms with Crippen LogP contribution in [0.1, 0.15) is 36.2 Å². The van der Waals surface area contributed by atoms with Gasteiger partial charge in [0.25, 0.3) is 5.91 Å². The van der Waals surface area contributed by atoms with Gasteiger partial charge in [-0.3, -0.25) is 9.59 Å². The number of aliphatic hydroxyl groups excluding tert-OH is 1. The zero-order chi connectivity index (χ0) is 21.0. The van der Waals surface area contributed by atoms with Crippen LogP contribution in [0, 0.1) is 0 Å². The largest absolute Gasteiger partial charge is 0.507 e. The van der Waals surface area contributed by atoms with Crippen LogP contribution in [-0.4, -0.2) is 46.8 Å². The Kier molecular flexibility index (Phi) is 6.08. The first-order valence-electron chi connectivity index (χ1n) is 9.43. The minimum Gasteiger partial charge on any atom is -0.507 e. The number of phenolic OH excluding ortho intramolecular Hbond substituents is 1. The van der Waals surface area contributed by atoms with Crippen molar-refractivity contribution in [1.29, 1.82) is 0 Å². The van der Waals surface area contributed by atoms with Crippen LogP contribution in [0.3, 0.4) is 0 Å². The number of carbonyl (C=O) groups excluding carboxylic acids is 2. The number of rotatable bonds is 7. The lowest BCUT2D eigenvalue weighted by molar-refractivity contribution is -0.124. The summed E-state index contributed by atoms with van der Waals surface area (Å²) < 4.78 is 11.2. The first kappa shape index (κ1) is 20.7. The molecule has 3 N–H and O–H groups in total. The van der Waals surface area contributed by atoms with Crippen molar-refractivity contribution >= 4 is 11.7 Å². The molecule has 0 radical (unpaired) electrons. The molecule has 7 heteroatoms. The molecule has 0 aliphatic carbocycles. The van der Waals surface area contributed by atoms with E-state index >= 15 is 0 Å². The second kappa shape index (κ2) is 8.53. The van der Waals surface area contributed by atoms with Gasteiger partial charge in [0, 0.05) is 12.1 Å². The van der Waals surface area contributed by atoms with Crippen LogP contribution in [0.5, 0.6) is 17.2 Å². The molecule has 0 saturated heterocycles. The van der Waals surface area contributed by atoms with Gasteiger partial charge in [-0.2, -0.15) is 0 Å². The van der Waals surface area contributed by atoms with Crippen LogP contribution in [0.4, 0.5) is 0 Å². The number of fused-ring (bicyclic) bond motifs is 1. The van der Waals surface area contributed by atoms with E-state index in [1.807, 2.05) is 30.3 Å². The molecule has 1 aliphatic heterocycles. The summed E-state index contributed by atoms with van der Waals surface area (Å²) in [6.45, 7) is 3.06. The number of Topliss-reactive ketones (excluding diaryl/α,β-unsaturated/α-hetero) is 1. The van der Waals surface area contributed by atoms with Gasteiger partial charge in [-0.25, -0.2) is 0 Å². The molecule has 1 heterocycles. The Hall–Kier alpha value is -3.06. The van der Waals surface area contributed by atoms with Crippen LogP contribution in [0.15, 0.2) is 42.5 Å². The number of hydrogen-bond donors (Lipinski definition) is 3. The first-order valence-corrected chi connectivity index (χ1v) is 9.43. The lowest BCUT2D eigenvalue weighted by Gasteiger charge is -2.32. The number of ketones is 1. The number of aliphatic hydroxyl groups is 1. The molecule has 7 nitrogen and oxygen atoms in total. The Morgan fingerprint density at radius 1 is 1.28 bits per heavy atom. The SMILES string of the molecule is CC1(C)CC(=O)c2c(O)cc(OCC(=O)N[C@H](CO)Cc3ccccc3)cc2O1. The van der Waals surface area contributed by atoms with E-state index in [2.05, 4.69) is 5.32 Å². The summed E-state index contributed by atoms with van der Waals surface area (Å²) in [5.74, 6) is -0.403. The second-order valence-corrected chi connectivity index (χ2v) is 7.70. The lowest BCUT2D eigenvalue weighted by Crippen LogP contribution is -2.41. The van der Waals surface area contributed by atoms with Gasteiger partial charge in [-0.15, -0.1) is 0 Å². The van der Waals surface area contributed by atoms with Crippen LogP contribution in [-0.2, 0) is 11.2 Å². The number of carbonyl (C=O) groups is 2. The van der Waals surface area contributed by atoms with Crippen LogP contribution in [0.2, 0.25) is 0 Å². The smallest absolute Gasteiger partial charge is 0.258 e. The Morgan fingerprint density at radius 2 is 2.00 bits per heavy atom. The zero-order valence-corrected chi connectivity index (χ0v) is 16.5. The fourth-order valence-electron chi connectivity index (χ4n) is 3.31. The highest BCUT2D eigenvalue weighted by atomic mass is 16.5. The van der Waals surface area contributed by atoms with E-state index in [1.54, 1.807) is 13.8 Å². The van der Waals surface area contributed by atoms with E-state index < -0.39 is 17.6 Å². The minimum absolute atomic E-state index is 0.129. The van der Waals surface area contributed by atoms with Crippen molar-refractivity contribution in [3.8, 4) is 17.2 Å². The molecule has 2 aromatic carbocycles. The summed E-state index contributed by atoms with van der Waals surface area (Å²) in [5, 5.41) is 22.4. The second-order valence-electron chi connectivity index (χ2n) is 7.70. The number of ether oxygens (including phenoxy) is 2. The van der Waals surface area contributed by atoms with E-state index in [0.717, 1.165) is 5.56 Å². The van der Waals surface area contributed by atoms with Crippen LogP contribution >= 0.6 is 0 Å². The quantitative estimate of drug-likeness (QED) is 0.660. The van der Waals surface area contributed by atoms with Crippen molar-refractivity contribution in [2.24, 2.45) is 0 Å².